The number of ether oxygens (including phenoxy) is 3. The highest BCUT2D eigenvalue weighted by Gasteiger charge is 2.51. The van der Waals surface area contributed by atoms with Gasteiger partial charge in [-0.2, -0.15) is 0 Å². The van der Waals surface area contributed by atoms with Crippen LogP contribution < -0.4 is 19.7 Å². The molecule has 200 valence electrons. The Morgan fingerprint density at radius 3 is 2.84 bits per heavy atom. The average Bonchev–Trinajstić information content (AvgIpc) is 3.02. The number of para-hydroxylation sites is 2. The highest BCUT2D eigenvalue weighted by Crippen LogP contribution is 2.42. The van der Waals surface area contributed by atoms with Gasteiger partial charge in [-0.15, -0.1) is 0 Å². The molecule has 0 aromatic heterocycles. The van der Waals surface area contributed by atoms with Gasteiger partial charge in [-0.25, -0.2) is 0 Å². The maximum Gasteiger partial charge on any atom is 0.254 e. The molecular weight excluding hydrogens is 548 g/mol. The van der Waals surface area contributed by atoms with Crippen molar-refractivity contribution in [2.45, 2.75) is 51.2 Å². The number of methoxy groups -OCH3 is 1. The Morgan fingerprint density at radius 1 is 1.24 bits per heavy atom. The van der Waals surface area contributed by atoms with Crippen molar-refractivity contribution >= 4 is 44.2 Å². The molecule has 2 amide bonds. The first-order valence-corrected chi connectivity index (χ1v) is 13.3. The van der Waals surface area contributed by atoms with E-state index in [9.17, 15) is 9.59 Å². The van der Waals surface area contributed by atoms with Crippen LogP contribution in [0, 0.1) is 5.92 Å². The molecule has 1 saturated heterocycles. The van der Waals surface area contributed by atoms with Crippen LogP contribution in [0.2, 0.25) is 0 Å². The van der Waals surface area contributed by atoms with E-state index < -0.39 is 43.3 Å². The molecule has 1 fully saturated rings. The summed E-state index contributed by atoms with van der Waals surface area (Å²) < 4.78 is 64.7. The third kappa shape index (κ3) is 4.87. The Hall–Kier alpha value is -3.10. The number of nitrogens with one attached hydrogen (secondary N) is 1. The first-order valence-electron chi connectivity index (χ1n) is 15.5. The predicted molar refractivity (Wildman–Crippen MR) is 151 cm³/mol. The largest absolute Gasteiger partial charge is 0.496 e. The van der Waals surface area contributed by atoms with Gasteiger partial charge in [-0.1, -0.05) is 54.0 Å². The van der Waals surface area contributed by atoms with Gasteiger partial charge in [0.2, 0.25) is 5.91 Å². The zero-order chi connectivity index (χ0) is 31.9. The molecule has 0 bridgehead atoms. The van der Waals surface area contributed by atoms with Crippen molar-refractivity contribution in [3.05, 3.63) is 64.6 Å². The van der Waals surface area contributed by atoms with Crippen LogP contribution in [0.4, 0.5) is 5.69 Å². The fourth-order valence-electron chi connectivity index (χ4n) is 5.15. The molecule has 0 saturated carbocycles. The molecule has 3 aromatic rings. The van der Waals surface area contributed by atoms with E-state index >= 15 is 0 Å². The van der Waals surface area contributed by atoms with E-state index in [2.05, 4.69) is 21.2 Å². The number of carbonyl (C=O) groups excluding carboxylic acids is 2. The topological polar surface area (TPSA) is 77.1 Å². The SMILES string of the molecule is [2H]C([2H])([2H])C[C@@H](C)C(=O)N[C@@H]1C(=O)N(Cc2c(OC([2H])([2H])[2H])ccc3cc(Br)ccc23)c2ccccc2OC12CCOCC2. The monoisotopic (exact) mass is 586 g/mol. The molecule has 0 unspecified atom stereocenters. The van der Waals surface area contributed by atoms with Gasteiger partial charge < -0.3 is 24.4 Å². The Balaban J connectivity index is 1.63. The van der Waals surface area contributed by atoms with E-state index in [1.807, 2.05) is 18.2 Å². The maximum atomic E-state index is 14.7. The molecule has 2 aliphatic rings. The predicted octanol–water partition coefficient (Wildman–Crippen LogP) is 5.62. The smallest absolute Gasteiger partial charge is 0.254 e. The summed E-state index contributed by atoms with van der Waals surface area (Å²) in [5.41, 5.74) is -0.278. The number of amides is 2. The second kappa shape index (κ2) is 10.9. The fraction of sp³-hybridized carbons (Fsp3) is 0.400. The van der Waals surface area contributed by atoms with Gasteiger partial charge in [-0.3, -0.25) is 9.59 Å². The van der Waals surface area contributed by atoms with Crippen LogP contribution in [0.3, 0.4) is 0 Å². The minimum absolute atomic E-state index is 0.0860. The fourth-order valence-corrected chi connectivity index (χ4v) is 5.53. The van der Waals surface area contributed by atoms with Gasteiger partial charge in [-0.05, 0) is 47.5 Å². The summed E-state index contributed by atoms with van der Waals surface area (Å²) in [5.74, 6) is -1.47. The van der Waals surface area contributed by atoms with E-state index in [4.69, 9.17) is 22.4 Å². The zero-order valence-corrected chi connectivity index (χ0v) is 22.5. The van der Waals surface area contributed by atoms with Crippen LogP contribution in [0.1, 0.15) is 46.8 Å². The van der Waals surface area contributed by atoms with Crippen LogP contribution in [0.5, 0.6) is 11.5 Å². The summed E-state index contributed by atoms with van der Waals surface area (Å²) in [7, 11) is -2.75. The molecule has 1 spiro atoms. The molecule has 8 heteroatoms. The number of benzene rings is 3. The molecule has 0 radical (unpaired) electrons. The van der Waals surface area contributed by atoms with Gasteiger partial charge >= 0.3 is 0 Å². The average molecular weight is 588 g/mol. The lowest BCUT2D eigenvalue weighted by Gasteiger charge is -2.41. The Bertz CT molecular complexity index is 1560. The van der Waals surface area contributed by atoms with Crippen molar-refractivity contribution in [1.82, 2.24) is 5.32 Å². The van der Waals surface area contributed by atoms with E-state index in [1.165, 1.54) is 11.8 Å². The van der Waals surface area contributed by atoms with Crippen molar-refractivity contribution in [1.29, 1.82) is 0 Å². The molecule has 2 heterocycles. The van der Waals surface area contributed by atoms with Crippen molar-refractivity contribution < 1.29 is 32.0 Å². The number of rotatable bonds is 6. The molecule has 1 N–H and O–H groups in total. The Morgan fingerprint density at radius 2 is 2.05 bits per heavy atom. The second-order valence-electron chi connectivity index (χ2n) is 9.73. The van der Waals surface area contributed by atoms with E-state index in [1.54, 1.807) is 36.4 Å². The zero-order valence-electron chi connectivity index (χ0n) is 27.0. The molecule has 5 rings (SSSR count). The summed E-state index contributed by atoms with van der Waals surface area (Å²) in [4.78, 5) is 29.6. The number of fused-ring (bicyclic) bond motifs is 2. The normalized spacial score (nSPS) is 22.4. The molecule has 0 aliphatic carbocycles. The first-order chi connectivity index (χ1) is 20.7. The van der Waals surface area contributed by atoms with E-state index in [-0.39, 0.29) is 18.7 Å². The minimum atomic E-state index is -2.75. The lowest BCUT2D eigenvalue weighted by atomic mass is 9.84. The van der Waals surface area contributed by atoms with Gasteiger partial charge in [0.15, 0.2) is 0 Å². The molecule has 38 heavy (non-hydrogen) atoms. The number of hydrogen-bond donors (Lipinski definition) is 1. The highest BCUT2D eigenvalue weighted by atomic mass is 79.9. The maximum absolute atomic E-state index is 14.7. The number of halogens is 1. The quantitative estimate of drug-likeness (QED) is 0.406. The van der Waals surface area contributed by atoms with Crippen molar-refractivity contribution in [2.75, 3.05) is 25.2 Å². The van der Waals surface area contributed by atoms with Crippen LogP contribution in [-0.2, 0) is 20.9 Å². The molecule has 2 aliphatic heterocycles. The highest BCUT2D eigenvalue weighted by molar-refractivity contribution is 9.10. The van der Waals surface area contributed by atoms with Crippen LogP contribution in [0.25, 0.3) is 10.8 Å². The Kier molecular flexibility index (Phi) is 5.73. The summed E-state index contributed by atoms with van der Waals surface area (Å²) >= 11 is 3.48. The van der Waals surface area contributed by atoms with E-state index in [0.717, 1.165) is 9.86 Å². The summed E-state index contributed by atoms with van der Waals surface area (Å²) in [6.45, 7) is -0.336. The minimum Gasteiger partial charge on any atom is -0.496 e. The second-order valence-corrected chi connectivity index (χ2v) is 10.6. The first kappa shape index (κ1) is 19.9. The summed E-state index contributed by atoms with van der Waals surface area (Å²) in [5, 5.41) is 4.32. The Labute approximate surface area is 240 Å². The number of nitrogens with zero attached hydrogens (tertiary/aromatic N) is 1. The third-order valence-corrected chi connectivity index (χ3v) is 7.86. The summed E-state index contributed by atoms with van der Waals surface area (Å²) in [6.07, 6.45) is 0.243. The summed E-state index contributed by atoms with van der Waals surface area (Å²) in [6, 6.07) is 14.7. The van der Waals surface area contributed by atoms with Crippen molar-refractivity contribution in [2.24, 2.45) is 5.92 Å². The van der Waals surface area contributed by atoms with E-state index in [0.29, 0.717) is 48.4 Å². The van der Waals surface area contributed by atoms with Gasteiger partial charge in [0.05, 0.1) is 36.6 Å². The van der Waals surface area contributed by atoms with Gasteiger partial charge in [0.25, 0.3) is 5.91 Å². The number of hydrogen-bond acceptors (Lipinski definition) is 5. The molecule has 7 nitrogen and oxygen atoms in total. The van der Waals surface area contributed by atoms with Gasteiger partial charge in [0, 0.05) is 32.9 Å². The standard InChI is InChI=1S/C30H33BrN2O5/c1-4-19(2)28(34)32-27-29(35)33(18-23-22-11-10-21(31)17-20(22)9-12-25(23)36-3)24-7-5-6-8-26(24)38-30(27)13-15-37-16-14-30/h5-12,17,19,27H,4,13-16,18H2,1-3H3,(H,32,34)/t19-,27-/m1/s1/i1D3,3D3. The number of anilines is 1. The third-order valence-electron chi connectivity index (χ3n) is 7.36. The van der Waals surface area contributed by atoms with Crippen molar-refractivity contribution in [3.63, 3.8) is 0 Å². The van der Waals surface area contributed by atoms with Gasteiger partial charge in [0.1, 0.15) is 23.1 Å². The molecule has 3 aromatic carbocycles. The molecular formula is C30H33BrN2O5. The van der Waals surface area contributed by atoms with Crippen LogP contribution >= 0.6 is 15.9 Å². The van der Waals surface area contributed by atoms with Crippen molar-refractivity contribution in [3.8, 4) is 11.5 Å². The lowest BCUT2D eigenvalue weighted by Crippen LogP contribution is -2.64. The van der Waals surface area contributed by atoms with Crippen LogP contribution in [-0.4, -0.2) is 43.7 Å². The molecule has 2 atom stereocenters. The van der Waals surface area contributed by atoms with Crippen LogP contribution in [0.15, 0.2) is 59.1 Å². The lowest BCUT2D eigenvalue weighted by molar-refractivity contribution is -0.138. The number of carbonyl (C=O) groups is 2.